The summed E-state index contributed by atoms with van der Waals surface area (Å²) in [6.45, 7) is 4.09. The average molecular weight is 254 g/mol. The molecule has 0 atom stereocenters. The van der Waals surface area contributed by atoms with E-state index in [9.17, 15) is 4.79 Å². The number of nitrogens with one attached hydrogen (secondary N) is 1. The minimum absolute atomic E-state index is 0.173. The van der Waals surface area contributed by atoms with Gasteiger partial charge in [0.05, 0.1) is 20.0 Å². The van der Waals surface area contributed by atoms with Crippen LogP contribution in [0.4, 0.5) is 5.82 Å². The number of methoxy groups -OCH3 is 1. The van der Waals surface area contributed by atoms with Crippen LogP contribution >= 0.6 is 0 Å². The lowest BCUT2D eigenvalue weighted by Gasteiger charge is -2.35. The monoisotopic (exact) mass is 254 g/mol. The minimum Gasteiger partial charge on any atom is -0.489 e. The predicted octanol–water partition coefficient (Wildman–Crippen LogP) is -1.11. The fourth-order valence-electron chi connectivity index (χ4n) is 2.11. The second-order valence-corrected chi connectivity index (χ2v) is 4.14. The van der Waals surface area contributed by atoms with Crippen molar-refractivity contribution in [3.05, 3.63) is 16.7 Å². The van der Waals surface area contributed by atoms with E-state index in [1.165, 1.54) is 13.4 Å². The molecule has 2 N–H and O–H groups in total. The summed E-state index contributed by atoms with van der Waals surface area (Å²) < 4.78 is 5.10. The number of hydrogen-bond acceptors (Lipinski definition) is 6. The number of piperazine rings is 1. The molecule has 0 saturated carbocycles. The zero-order valence-electron chi connectivity index (χ0n) is 10.4. The lowest BCUT2D eigenvalue weighted by molar-refractivity contribution is 0.188. The van der Waals surface area contributed by atoms with Gasteiger partial charge in [-0.05, 0) is 0 Å². The summed E-state index contributed by atoms with van der Waals surface area (Å²) in [4.78, 5) is 22.5. The summed E-state index contributed by atoms with van der Waals surface area (Å²) in [5.74, 6) is 0.845. The van der Waals surface area contributed by atoms with Crippen LogP contribution in [-0.4, -0.2) is 66.4 Å². The highest BCUT2D eigenvalue weighted by molar-refractivity contribution is 5.50. The van der Waals surface area contributed by atoms with Crippen molar-refractivity contribution < 1.29 is 9.84 Å². The number of nitrogens with zero attached hydrogens (tertiary/aromatic N) is 3. The van der Waals surface area contributed by atoms with Crippen molar-refractivity contribution in [1.29, 1.82) is 0 Å². The normalized spacial score (nSPS) is 16.9. The van der Waals surface area contributed by atoms with E-state index in [-0.39, 0.29) is 17.9 Å². The van der Waals surface area contributed by atoms with E-state index in [0.29, 0.717) is 12.4 Å². The number of aliphatic hydroxyl groups is 1. The molecule has 7 heteroatoms. The first-order valence-electron chi connectivity index (χ1n) is 5.96. The average Bonchev–Trinajstić information content (AvgIpc) is 2.40. The van der Waals surface area contributed by atoms with Gasteiger partial charge in [0.25, 0.3) is 5.56 Å². The lowest BCUT2D eigenvalue weighted by atomic mass is 10.3. The van der Waals surface area contributed by atoms with Crippen LogP contribution in [0.25, 0.3) is 0 Å². The van der Waals surface area contributed by atoms with Crippen LogP contribution in [0.3, 0.4) is 0 Å². The van der Waals surface area contributed by atoms with E-state index in [0.717, 1.165) is 26.2 Å². The Morgan fingerprint density at radius 3 is 2.78 bits per heavy atom. The molecule has 2 heterocycles. The zero-order valence-corrected chi connectivity index (χ0v) is 10.4. The van der Waals surface area contributed by atoms with Gasteiger partial charge < -0.3 is 19.7 Å². The molecule has 0 radical (unpaired) electrons. The number of anilines is 1. The van der Waals surface area contributed by atoms with Gasteiger partial charge in [0, 0.05) is 32.7 Å². The van der Waals surface area contributed by atoms with Gasteiger partial charge >= 0.3 is 0 Å². The third kappa shape index (κ3) is 2.62. The molecule has 100 valence electrons. The Balaban J connectivity index is 2.10. The fourth-order valence-corrected chi connectivity index (χ4v) is 2.11. The summed E-state index contributed by atoms with van der Waals surface area (Å²) in [5, 5.41) is 8.89. The maximum absolute atomic E-state index is 11.6. The number of β-amino-alcohol motifs (C(OH)–C–C–N with tert-alkyl or cyclic N) is 1. The quantitative estimate of drug-likeness (QED) is 0.709. The Hall–Kier alpha value is -1.60. The molecule has 1 saturated heterocycles. The van der Waals surface area contributed by atoms with Crippen molar-refractivity contribution >= 4 is 5.82 Å². The van der Waals surface area contributed by atoms with E-state index in [1.54, 1.807) is 0 Å². The molecule has 0 aliphatic carbocycles. The van der Waals surface area contributed by atoms with Crippen LogP contribution in [0.2, 0.25) is 0 Å². The molecule has 1 aliphatic rings. The van der Waals surface area contributed by atoms with Crippen molar-refractivity contribution in [1.82, 2.24) is 14.9 Å². The van der Waals surface area contributed by atoms with Crippen molar-refractivity contribution in [3.8, 4) is 5.75 Å². The highest BCUT2D eigenvalue weighted by Crippen LogP contribution is 2.21. The Morgan fingerprint density at radius 2 is 2.17 bits per heavy atom. The van der Waals surface area contributed by atoms with Gasteiger partial charge in [-0.25, -0.2) is 4.98 Å². The van der Waals surface area contributed by atoms with Gasteiger partial charge in [-0.2, -0.15) is 0 Å². The smallest absolute Gasteiger partial charge is 0.295 e. The molecule has 1 aromatic rings. The van der Waals surface area contributed by atoms with E-state index in [4.69, 9.17) is 9.84 Å². The summed E-state index contributed by atoms with van der Waals surface area (Å²) in [6.07, 6.45) is 1.39. The van der Waals surface area contributed by atoms with E-state index < -0.39 is 0 Å². The van der Waals surface area contributed by atoms with Crippen molar-refractivity contribution in [2.45, 2.75) is 0 Å². The summed E-state index contributed by atoms with van der Waals surface area (Å²) >= 11 is 0. The molecule has 7 nitrogen and oxygen atoms in total. The van der Waals surface area contributed by atoms with E-state index in [1.807, 2.05) is 4.90 Å². The first kappa shape index (κ1) is 12.8. The van der Waals surface area contributed by atoms with Crippen molar-refractivity contribution in [2.24, 2.45) is 0 Å². The minimum atomic E-state index is -0.264. The van der Waals surface area contributed by atoms with Gasteiger partial charge in [-0.1, -0.05) is 0 Å². The maximum atomic E-state index is 11.6. The number of rotatable bonds is 4. The highest BCUT2D eigenvalue weighted by atomic mass is 16.5. The number of aromatic nitrogens is 2. The SMILES string of the molecule is COc1c(N2CCN(CCO)CC2)nc[nH]c1=O. The Kier molecular flexibility index (Phi) is 4.16. The number of aromatic amines is 1. The Labute approximate surface area is 105 Å². The van der Waals surface area contributed by atoms with Crippen LogP contribution in [0.15, 0.2) is 11.1 Å². The van der Waals surface area contributed by atoms with Gasteiger partial charge in [0.1, 0.15) is 0 Å². The van der Waals surface area contributed by atoms with Gasteiger partial charge in [-0.15, -0.1) is 0 Å². The second kappa shape index (κ2) is 5.83. The molecule has 1 fully saturated rings. The van der Waals surface area contributed by atoms with Gasteiger partial charge in [-0.3, -0.25) is 9.69 Å². The molecule has 1 aromatic heterocycles. The lowest BCUT2D eigenvalue weighted by Crippen LogP contribution is -2.47. The van der Waals surface area contributed by atoms with E-state index >= 15 is 0 Å². The molecule has 0 amide bonds. The van der Waals surface area contributed by atoms with Crippen molar-refractivity contribution in [3.63, 3.8) is 0 Å². The van der Waals surface area contributed by atoms with Crippen LogP contribution < -0.4 is 15.2 Å². The molecule has 0 spiro atoms. The Morgan fingerprint density at radius 1 is 1.44 bits per heavy atom. The van der Waals surface area contributed by atoms with E-state index in [2.05, 4.69) is 14.9 Å². The molecule has 1 aliphatic heterocycles. The number of hydrogen-bond donors (Lipinski definition) is 2. The molecule has 0 bridgehead atoms. The standard InChI is InChI=1S/C11H18N4O3/c1-18-9-10(12-8-13-11(9)17)15-4-2-14(3-5-15)6-7-16/h8,16H,2-7H2,1H3,(H,12,13,17). The largest absolute Gasteiger partial charge is 0.489 e. The topological polar surface area (TPSA) is 81.7 Å². The van der Waals surface area contributed by atoms with Crippen molar-refractivity contribution in [2.75, 3.05) is 51.3 Å². The molecular weight excluding hydrogens is 236 g/mol. The molecule has 0 aromatic carbocycles. The van der Waals surface area contributed by atoms with Gasteiger partial charge in [0.2, 0.25) is 5.75 Å². The Bertz CT molecular complexity index is 440. The van der Waals surface area contributed by atoms with Gasteiger partial charge in [0.15, 0.2) is 5.82 Å². The maximum Gasteiger partial charge on any atom is 0.295 e. The summed E-state index contributed by atoms with van der Waals surface area (Å²) in [6, 6.07) is 0. The fraction of sp³-hybridized carbons (Fsp3) is 0.636. The van der Waals surface area contributed by atoms with Crippen LogP contribution in [0, 0.1) is 0 Å². The third-order valence-electron chi connectivity index (χ3n) is 3.08. The zero-order chi connectivity index (χ0) is 13.0. The predicted molar refractivity (Wildman–Crippen MR) is 67.1 cm³/mol. The molecule has 2 rings (SSSR count). The summed E-state index contributed by atoms with van der Waals surface area (Å²) in [5.41, 5.74) is -0.264. The number of aliphatic hydroxyl groups excluding tert-OH is 1. The molecule has 0 unspecified atom stereocenters. The first-order chi connectivity index (χ1) is 8.76. The number of ether oxygens (including phenoxy) is 1. The highest BCUT2D eigenvalue weighted by Gasteiger charge is 2.21. The van der Waals surface area contributed by atoms with Crippen LogP contribution in [-0.2, 0) is 0 Å². The first-order valence-corrected chi connectivity index (χ1v) is 5.96. The third-order valence-corrected chi connectivity index (χ3v) is 3.08. The van der Waals surface area contributed by atoms with Crippen LogP contribution in [0.5, 0.6) is 5.75 Å². The molecular formula is C11H18N4O3. The summed E-state index contributed by atoms with van der Waals surface area (Å²) in [7, 11) is 1.47. The van der Waals surface area contributed by atoms with Crippen LogP contribution in [0.1, 0.15) is 0 Å². The second-order valence-electron chi connectivity index (χ2n) is 4.14. The number of H-pyrrole nitrogens is 1. The molecule has 18 heavy (non-hydrogen) atoms.